The predicted molar refractivity (Wildman–Crippen MR) is 73.2 cm³/mol. The summed E-state index contributed by atoms with van der Waals surface area (Å²) in [4.78, 5) is 11.8. The number of allylic oxidation sites excluding steroid dienone is 1. The number of methoxy groups -OCH3 is 1. The van der Waals surface area contributed by atoms with Crippen molar-refractivity contribution >= 4 is 11.7 Å². The van der Waals surface area contributed by atoms with Gasteiger partial charge in [-0.05, 0) is 38.1 Å². The van der Waals surface area contributed by atoms with Crippen LogP contribution < -0.4 is 21.3 Å². The molecule has 0 aliphatic carbocycles. The van der Waals surface area contributed by atoms with Crippen molar-refractivity contribution in [1.82, 2.24) is 0 Å². The van der Waals surface area contributed by atoms with Crippen LogP contribution in [0, 0.1) is 0 Å². The van der Waals surface area contributed by atoms with E-state index >= 15 is 0 Å². The number of hydrogen-bond donors (Lipinski definition) is 2. The predicted octanol–water partition coefficient (Wildman–Crippen LogP) is 1.13. The molecule has 0 aromatic heterocycles. The fourth-order valence-electron chi connectivity index (χ4n) is 1.52. The number of carbonyl (C=O) groups is 1. The number of carbonyl (C=O) groups excluding carboxylic acids is 1. The van der Waals surface area contributed by atoms with Crippen LogP contribution in [0.2, 0.25) is 0 Å². The molecule has 0 aliphatic heterocycles. The first-order chi connectivity index (χ1) is 9.01. The summed E-state index contributed by atoms with van der Waals surface area (Å²) in [5.74, 6) is 6.06. The zero-order valence-electron chi connectivity index (χ0n) is 11.3. The smallest absolute Gasteiger partial charge is 0.358 e. The molecule has 0 amide bonds. The highest BCUT2D eigenvalue weighted by Crippen LogP contribution is 2.21. The van der Waals surface area contributed by atoms with Crippen molar-refractivity contribution in [3.05, 3.63) is 35.7 Å². The molecule has 0 unspecified atom stereocenters. The van der Waals surface area contributed by atoms with Crippen molar-refractivity contribution < 1.29 is 14.3 Å². The molecule has 6 heteroatoms. The molecule has 1 aromatic rings. The lowest BCUT2D eigenvalue weighted by molar-refractivity contribution is -0.138. The van der Waals surface area contributed by atoms with Crippen LogP contribution in [0.3, 0.4) is 0 Å². The van der Waals surface area contributed by atoms with E-state index in [2.05, 4.69) is 0 Å². The molecule has 0 spiro atoms. The molecule has 0 heterocycles. The van der Waals surface area contributed by atoms with E-state index in [1.165, 1.54) is 5.01 Å². The van der Waals surface area contributed by atoms with E-state index in [-0.39, 0.29) is 18.0 Å². The Morgan fingerprint density at radius 1 is 1.32 bits per heavy atom. The highest BCUT2D eigenvalue weighted by molar-refractivity contribution is 5.93. The zero-order valence-corrected chi connectivity index (χ0v) is 11.3. The van der Waals surface area contributed by atoms with Gasteiger partial charge in [-0.25, -0.2) is 10.6 Å². The lowest BCUT2D eigenvalue weighted by Gasteiger charge is -2.21. The van der Waals surface area contributed by atoms with Crippen LogP contribution >= 0.6 is 0 Å². The number of anilines is 1. The number of hydrogen-bond acceptors (Lipinski definition) is 6. The van der Waals surface area contributed by atoms with E-state index in [0.29, 0.717) is 11.4 Å². The molecule has 0 saturated heterocycles. The van der Waals surface area contributed by atoms with Crippen LogP contribution in [0.25, 0.3) is 0 Å². The molecule has 1 rings (SSSR count). The first-order valence-electron chi connectivity index (χ1n) is 5.83. The van der Waals surface area contributed by atoms with Gasteiger partial charge in [0.05, 0.1) is 19.4 Å². The summed E-state index contributed by atoms with van der Waals surface area (Å²) < 4.78 is 9.98. The standard InChI is InChI=1S/C13H19N3O3/c1-4-19-13(17)12(9(2)14)16(15)10-5-7-11(18-3)8-6-10/h5-8H,4,14-15H2,1-3H3/b12-9-. The Morgan fingerprint density at radius 2 is 1.89 bits per heavy atom. The van der Waals surface area contributed by atoms with Crippen molar-refractivity contribution in [2.24, 2.45) is 11.6 Å². The van der Waals surface area contributed by atoms with Crippen molar-refractivity contribution in [2.75, 3.05) is 18.7 Å². The van der Waals surface area contributed by atoms with E-state index in [9.17, 15) is 4.79 Å². The lowest BCUT2D eigenvalue weighted by atomic mass is 10.2. The van der Waals surface area contributed by atoms with Crippen LogP contribution in [0.15, 0.2) is 35.7 Å². The maximum absolute atomic E-state index is 11.8. The Bertz CT molecular complexity index is 465. The Labute approximate surface area is 112 Å². The summed E-state index contributed by atoms with van der Waals surface area (Å²) in [6.45, 7) is 3.57. The topological polar surface area (TPSA) is 90.8 Å². The van der Waals surface area contributed by atoms with Gasteiger partial charge in [0.1, 0.15) is 5.75 Å². The first kappa shape index (κ1) is 14.8. The van der Waals surface area contributed by atoms with E-state index in [1.807, 2.05) is 0 Å². The normalized spacial score (nSPS) is 11.6. The SMILES string of the molecule is CCOC(=O)/C(=C(\C)N)N(N)c1ccc(OC)cc1. The molecule has 0 bridgehead atoms. The average molecular weight is 265 g/mol. The fraction of sp³-hybridized carbons (Fsp3) is 0.308. The zero-order chi connectivity index (χ0) is 14.4. The lowest BCUT2D eigenvalue weighted by Crippen LogP contribution is -2.36. The molecule has 104 valence electrons. The third-order valence-corrected chi connectivity index (χ3v) is 2.43. The van der Waals surface area contributed by atoms with Gasteiger partial charge in [0.15, 0.2) is 5.70 Å². The summed E-state index contributed by atoms with van der Waals surface area (Å²) in [6.07, 6.45) is 0. The van der Waals surface area contributed by atoms with Crippen molar-refractivity contribution in [2.45, 2.75) is 13.8 Å². The maximum atomic E-state index is 11.8. The number of ether oxygens (including phenoxy) is 2. The Hall–Kier alpha value is -2.21. The minimum absolute atomic E-state index is 0.118. The second-order valence-corrected chi connectivity index (χ2v) is 3.82. The third kappa shape index (κ3) is 3.62. The highest BCUT2D eigenvalue weighted by atomic mass is 16.5. The van der Waals surface area contributed by atoms with Gasteiger partial charge in [0.25, 0.3) is 0 Å². The quantitative estimate of drug-likeness (QED) is 0.359. The minimum Gasteiger partial charge on any atom is -0.497 e. The number of nitrogens with two attached hydrogens (primary N) is 2. The van der Waals surface area contributed by atoms with Gasteiger partial charge in [-0.2, -0.15) is 0 Å². The van der Waals surface area contributed by atoms with Gasteiger partial charge in [0.2, 0.25) is 0 Å². The summed E-state index contributed by atoms with van der Waals surface area (Å²) in [7, 11) is 1.57. The van der Waals surface area contributed by atoms with E-state index in [4.69, 9.17) is 21.1 Å². The molecule has 0 saturated carbocycles. The van der Waals surface area contributed by atoms with Gasteiger partial charge < -0.3 is 15.2 Å². The van der Waals surface area contributed by atoms with Gasteiger partial charge >= 0.3 is 5.97 Å². The summed E-state index contributed by atoms with van der Waals surface area (Å²) in [5.41, 5.74) is 6.71. The molecule has 0 atom stereocenters. The third-order valence-electron chi connectivity index (χ3n) is 2.43. The van der Waals surface area contributed by atoms with Crippen LogP contribution in [0.4, 0.5) is 5.69 Å². The number of benzene rings is 1. The number of rotatable bonds is 5. The Balaban J connectivity index is 3.03. The van der Waals surface area contributed by atoms with E-state index in [0.717, 1.165) is 0 Å². The van der Waals surface area contributed by atoms with E-state index in [1.54, 1.807) is 45.2 Å². The van der Waals surface area contributed by atoms with Gasteiger partial charge in [-0.1, -0.05) is 0 Å². The second-order valence-electron chi connectivity index (χ2n) is 3.82. The first-order valence-corrected chi connectivity index (χ1v) is 5.83. The van der Waals surface area contributed by atoms with Crippen molar-refractivity contribution in [1.29, 1.82) is 0 Å². The number of esters is 1. The fourth-order valence-corrected chi connectivity index (χ4v) is 1.52. The monoisotopic (exact) mass is 265 g/mol. The molecule has 6 nitrogen and oxygen atoms in total. The summed E-state index contributed by atoms with van der Waals surface area (Å²) in [5, 5.41) is 1.20. The molecule has 0 aliphatic rings. The van der Waals surface area contributed by atoms with Crippen LogP contribution in [-0.2, 0) is 9.53 Å². The van der Waals surface area contributed by atoms with Crippen molar-refractivity contribution in [3.63, 3.8) is 0 Å². The molecular formula is C13H19N3O3. The van der Waals surface area contributed by atoms with Gasteiger partial charge in [-0.3, -0.25) is 5.01 Å². The van der Waals surface area contributed by atoms with Crippen LogP contribution in [-0.4, -0.2) is 19.7 Å². The number of nitrogens with zero attached hydrogens (tertiary/aromatic N) is 1. The molecule has 4 N–H and O–H groups in total. The largest absolute Gasteiger partial charge is 0.497 e. The molecule has 19 heavy (non-hydrogen) atoms. The maximum Gasteiger partial charge on any atom is 0.358 e. The van der Waals surface area contributed by atoms with E-state index < -0.39 is 5.97 Å². The number of hydrazine groups is 1. The van der Waals surface area contributed by atoms with Crippen LogP contribution in [0.1, 0.15) is 13.8 Å². The summed E-state index contributed by atoms with van der Waals surface area (Å²) >= 11 is 0. The average Bonchev–Trinajstić information content (AvgIpc) is 2.38. The Kier molecular flexibility index (Phi) is 5.20. The molecular weight excluding hydrogens is 246 g/mol. The van der Waals surface area contributed by atoms with Gasteiger partial charge in [-0.15, -0.1) is 0 Å². The Morgan fingerprint density at radius 3 is 2.32 bits per heavy atom. The highest BCUT2D eigenvalue weighted by Gasteiger charge is 2.20. The van der Waals surface area contributed by atoms with Crippen molar-refractivity contribution in [3.8, 4) is 5.75 Å². The second kappa shape index (κ2) is 6.65. The molecule has 0 fully saturated rings. The minimum atomic E-state index is -0.555. The van der Waals surface area contributed by atoms with Crippen LogP contribution in [0.5, 0.6) is 5.75 Å². The molecule has 0 radical (unpaired) electrons. The summed E-state index contributed by atoms with van der Waals surface area (Å²) in [6, 6.07) is 6.93. The molecule has 1 aromatic carbocycles. The van der Waals surface area contributed by atoms with Gasteiger partial charge in [0, 0.05) is 5.70 Å².